The van der Waals surface area contributed by atoms with Gasteiger partial charge in [-0.25, -0.2) is 0 Å². The van der Waals surface area contributed by atoms with E-state index in [2.05, 4.69) is 48.4 Å². The van der Waals surface area contributed by atoms with E-state index in [4.69, 9.17) is 4.74 Å². The van der Waals surface area contributed by atoms with Crippen molar-refractivity contribution in [2.24, 2.45) is 0 Å². The highest BCUT2D eigenvalue weighted by Gasteiger charge is 2.07. The van der Waals surface area contributed by atoms with Crippen molar-refractivity contribution in [1.29, 1.82) is 0 Å². The van der Waals surface area contributed by atoms with Crippen LogP contribution in [-0.4, -0.2) is 4.98 Å². The van der Waals surface area contributed by atoms with Gasteiger partial charge in [0.25, 0.3) is 0 Å². The molecule has 3 rings (SSSR count). The van der Waals surface area contributed by atoms with Crippen molar-refractivity contribution in [1.82, 2.24) is 4.98 Å². The van der Waals surface area contributed by atoms with Crippen LogP contribution >= 0.6 is 0 Å². The third-order valence-corrected chi connectivity index (χ3v) is 4.04. The molecule has 0 saturated heterocycles. The van der Waals surface area contributed by atoms with Gasteiger partial charge in [-0.05, 0) is 48.7 Å². The molecule has 0 radical (unpaired) electrons. The average molecular weight is 318 g/mol. The monoisotopic (exact) mass is 318 g/mol. The third-order valence-electron chi connectivity index (χ3n) is 4.04. The molecule has 1 heterocycles. The van der Waals surface area contributed by atoms with Crippen LogP contribution in [-0.2, 0) is 6.61 Å². The number of benzene rings is 2. The van der Waals surface area contributed by atoms with Crippen molar-refractivity contribution < 1.29 is 4.74 Å². The molecule has 0 aliphatic carbocycles. The maximum absolute atomic E-state index is 5.83. The fourth-order valence-corrected chi connectivity index (χ4v) is 2.53. The van der Waals surface area contributed by atoms with E-state index in [-0.39, 0.29) is 6.04 Å². The standard InChI is InChI=1S/C21H22N2O/c1-16-12-13-22-14-21(16)23-17(2)19-8-10-20(11-9-19)24-15-18-6-4-3-5-7-18/h3-14,17,23H,15H2,1-2H3. The smallest absolute Gasteiger partial charge is 0.119 e. The number of hydrogen-bond acceptors (Lipinski definition) is 3. The molecular formula is C21H22N2O. The molecule has 0 aliphatic rings. The maximum Gasteiger partial charge on any atom is 0.119 e. The Labute approximate surface area is 143 Å². The van der Waals surface area contributed by atoms with Crippen LogP contribution in [0.4, 0.5) is 5.69 Å². The van der Waals surface area contributed by atoms with Crippen LogP contribution in [0, 0.1) is 6.92 Å². The lowest BCUT2D eigenvalue weighted by molar-refractivity contribution is 0.306. The number of ether oxygens (including phenoxy) is 1. The molecule has 1 atom stereocenters. The van der Waals surface area contributed by atoms with Crippen LogP contribution in [0.15, 0.2) is 73.1 Å². The number of hydrogen-bond donors (Lipinski definition) is 1. The molecule has 1 aromatic heterocycles. The number of aryl methyl sites for hydroxylation is 1. The van der Waals surface area contributed by atoms with Crippen LogP contribution < -0.4 is 10.1 Å². The molecule has 3 heteroatoms. The average Bonchev–Trinajstić information content (AvgIpc) is 2.63. The Balaban J connectivity index is 1.60. The molecule has 122 valence electrons. The van der Waals surface area contributed by atoms with Crippen molar-refractivity contribution in [3.63, 3.8) is 0 Å². The first-order valence-electron chi connectivity index (χ1n) is 8.16. The van der Waals surface area contributed by atoms with E-state index >= 15 is 0 Å². The Hall–Kier alpha value is -2.81. The fourth-order valence-electron chi connectivity index (χ4n) is 2.53. The molecule has 24 heavy (non-hydrogen) atoms. The zero-order chi connectivity index (χ0) is 16.8. The van der Waals surface area contributed by atoms with Crippen molar-refractivity contribution >= 4 is 5.69 Å². The van der Waals surface area contributed by atoms with E-state index in [1.165, 1.54) is 16.7 Å². The highest BCUT2D eigenvalue weighted by Crippen LogP contribution is 2.23. The summed E-state index contributed by atoms with van der Waals surface area (Å²) in [7, 11) is 0. The van der Waals surface area contributed by atoms with Crippen molar-refractivity contribution in [2.75, 3.05) is 5.32 Å². The van der Waals surface area contributed by atoms with Crippen LogP contribution in [0.3, 0.4) is 0 Å². The lowest BCUT2D eigenvalue weighted by Crippen LogP contribution is -2.08. The molecule has 3 nitrogen and oxygen atoms in total. The molecule has 2 aromatic carbocycles. The van der Waals surface area contributed by atoms with Gasteiger partial charge in [-0.15, -0.1) is 0 Å². The zero-order valence-electron chi connectivity index (χ0n) is 14.1. The van der Waals surface area contributed by atoms with E-state index in [1.807, 2.05) is 48.8 Å². The van der Waals surface area contributed by atoms with E-state index < -0.39 is 0 Å². The summed E-state index contributed by atoms with van der Waals surface area (Å²) in [5, 5.41) is 3.50. The van der Waals surface area contributed by atoms with E-state index in [0.29, 0.717) is 6.61 Å². The van der Waals surface area contributed by atoms with Crippen molar-refractivity contribution in [3.05, 3.63) is 89.7 Å². The van der Waals surface area contributed by atoms with Crippen LogP contribution in [0.1, 0.15) is 29.7 Å². The SMILES string of the molecule is Cc1ccncc1NC(C)c1ccc(OCc2ccccc2)cc1. The van der Waals surface area contributed by atoms with Gasteiger partial charge in [-0.2, -0.15) is 0 Å². The second kappa shape index (κ2) is 7.64. The van der Waals surface area contributed by atoms with Gasteiger partial charge in [-0.1, -0.05) is 42.5 Å². The van der Waals surface area contributed by atoms with Crippen molar-refractivity contribution in [2.45, 2.75) is 26.5 Å². The lowest BCUT2D eigenvalue weighted by atomic mass is 10.1. The van der Waals surface area contributed by atoms with Gasteiger partial charge >= 0.3 is 0 Å². The Morgan fingerprint density at radius 1 is 1.00 bits per heavy atom. The van der Waals surface area contributed by atoms with Crippen LogP contribution in [0.5, 0.6) is 5.75 Å². The number of anilines is 1. The molecular weight excluding hydrogens is 296 g/mol. The molecule has 1 N–H and O–H groups in total. The lowest BCUT2D eigenvalue weighted by Gasteiger charge is -2.17. The van der Waals surface area contributed by atoms with Gasteiger partial charge in [0.1, 0.15) is 12.4 Å². The van der Waals surface area contributed by atoms with Gasteiger partial charge < -0.3 is 10.1 Å². The summed E-state index contributed by atoms with van der Waals surface area (Å²) < 4.78 is 5.83. The molecule has 1 unspecified atom stereocenters. The summed E-state index contributed by atoms with van der Waals surface area (Å²) in [6.45, 7) is 4.81. The van der Waals surface area contributed by atoms with E-state index in [9.17, 15) is 0 Å². The highest BCUT2D eigenvalue weighted by atomic mass is 16.5. The maximum atomic E-state index is 5.83. The summed E-state index contributed by atoms with van der Waals surface area (Å²) in [4.78, 5) is 4.18. The quantitative estimate of drug-likeness (QED) is 0.683. The summed E-state index contributed by atoms with van der Waals surface area (Å²) in [6.07, 6.45) is 3.67. The summed E-state index contributed by atoms with van der Waals surface area (Å²) in [5.41, 5.74) is 4.64. The Bertz CT molecular complexity index is 769. The minimum atomic E-state index is 0.205. The second-order valence-corrected chi connectivity index (χ2v) is 5.90. The fraction of sp³-hybridized carbons (Fsp3) is 0.190. The first-order valence-corrected chi connectivity index (χ1v) is 8.16. The van der Waals surface area contributed by atoms with Gasteiger partial charge in [0.15, 0.2) is 0 Å². The predicted octanol–water partition coefficient (Wildman–Crippen LogP) is 5.14. The minimum Gasteiger partial charge on any atom is -0.489 e. The molecule has 0 aliphatic heterocycles. The van der Waals surface area contributed by atoms with Crippen LogP contribution in [0.25, 0.3) is 0 Å². The number of nitrogens with zero attached hydrogens (tertiary/aromatic N) is 1. The first-order chi connectivity index (χ1) is 11.7. The molecule has 0 saturated carbocycles. The number of aromatic nitrogens is 1. The molecule has 0 amide bonds. The van der Waals surface area contributed by atoms with Gasteiger partial charge in [0, 0.05) is 12.2 Å². The second-order valence-electron chi connectivity index (χ2n) is 5.90. The van der Waals surface area contributed by atoms with Gasteiger partial charge in [-0.3, -0.25) is 4.98 Å². The third kappa shape index (κ3) is 4.13. The Morgan fingerprint density at radius 3 is 2.46 bits per heavy atom. The summed E-state index contributed by atoms with van der Waals surface area (Å²) in [6, 6.07) is 20.6. The van der Waals surface area contributed by atoms with E-state index in [1.54, 1.807) is 0 Å². The number of rotatable bonds is 6. The number of pyridine rings is 1. The highest BCUT2D eigenvalue weighted by molar-refractivity contribution is 5.50. The molecule has 0 bridgehead atoms. The van der Waals surface area contributed by atoms with E-state index in [0.717, 1.165) is 11.4 Å². The van der Waals surface area contributed by atoms with Crippen molar-refractivity contribution in [3.8, 4) is 5.75 Å². The summed E-state index contributed by atoms with van der Waals surface area (Å²) in [5.74, 6) is 0.882. The Kier molecular flexibility index (Phi) is 5.12. The molecule has 3 aromatic rings. The normalized spacial score (nSPS) is 11.8. The topological polar surface area (TPSA) is 34.2 Å². The molecule has 0 spiro atoms. The van der Waals surface area contributed by atoms with Gasteiger partial charge in [0.2, 0.25) is 0 Å². The van der Waals surface area contributed by atoms with Gasteiger partial charge in [0.05, 0.1) is 11.9 Å². The number of nitrogens with one attached hydrogen (secondary N) is 1. The largest absolute Gasteiger partial charge is 0.489 e. The predicted molar refractivity (Wildman–Crippen MR) is 98.2 cm³/mol. The Morgan fingerprint density at radius 2 is 1.75 bits per heavy atom. The van der Waals surface area contributed by atoms with Crippen LogP contribution in [0.2, 0.25) is 0 Å². The molecule has 0 fully saturated rings. The zero-order valence-corrected chi connectivity index (χ0v) is 14.1. The summed E-state index contributed by atoms with van der Waals surface area (Å²) >= 11 is 0. The first kappa shape index (κ1) is 16.1. The minimum absolute atomic E-state index is 0.205.